The lowest BCUT2D eigenvalue weighted by Gasteiger charge is -2.21. The van der Waals surface area contributed by atoms with Crippen LogP contribution in [0.25, 0.3) is 0 Å². The summed E-state index contributed by atoms with van der Waals surface area (Å²) in [4.78, 5) is 11.7. The number of carbonyl (C=O) groups excluding carboxylic acids is 1. The Morgan fingerprint density at radius 3 is 2.75 bits per heavy atom. The summed E-state index contributed by atoms with van der Waals surface area (Å²) in [5.74, 6) is 0.232. The molecule has 0 aliphatic rings. The third kappa shape index (κ3) is 4.14. The van der Waals surface area contributed by atoms with Gasteiger partial charge in [0.2, 0.25) is 0 Å². The molecule has 1 rings (SSSR count). The van der Waals surface area contributed by atoms with Gasteiger partial charge >= 0.3 is 0 Å². The van der Waals surface area contributed by atoms with Gasteiger partial charge in [-0.15, -0.1) is 0 Å². The average Bonchev–Trinajstić information content (AvgIpc) is 2.61. The topological polar surface area (TPSA) is 44.1 Å². The number of hydrogen-bond donors (Lipinski definition) is 0. The van der Waals surface area contributed by atoms with E-state index >= 15 is 0 Å². The third-order valence-electron chi connectivity index (χ3n) is 2.63. The highest BCUT2D eigenvalue weighted by Gasteiger charge is 2.20. The van der Waals surface area contributed by atoms with Gasteiger partial charge in [-0.05, 0) is 25.8 Å². The molecule has 0 fully saturated rings. The molecular weight excluding hydrogens is 204 g/mol. The van der Waals surface area contributed by atoms with Crippen molar-refractivity contribution < 1.29 is 9.53 Å². The lowest BCUT2D eigenvalue weighted by molar-refractivity contribution is -0.124. The smallest absolute Gasteiger partial charge is 0.136 e. The highest BCUT2D eigenvalue weighted by atomic mass is 16.5. The van der Waals surface area contributed by atoms with Crippen molar-refractivity contribution in [2.24, 2.45) is 7.05 Å². The van der Waals surface area contributed by atoms with Gasteiger partial charge in [-0.2, -0.15) is 5.10 Å². The number of hydrogen-bond acceptors (Lipinski definition) is 3. The Balaban J connectivity index is 2.36. The zero-order chi connectivity index (χ0) is 12.2. The Kier molecular flexibility index (Phi) is 4.24. The summed E-state index contributed by atoms with van der Waals surface area (Å²) in [5, 5.41) is 4.07. The van der Waals surface area contributed by atoms with E-state index in [9.17, 15) is 4.79 Å². The van der Waals surface area contributed by atoms with Crippen LogP contribution in [0.4, 0.5) is 0 Å². The number of aryl methyl sites for hydroxylation is 2. The summed E-state index contributed by atoms with van der Waals surface area (Å²) >= 11 is 0. The predicted octanol–water partition coefficient (Wildman–Crippen LogP) is 1.74. The van der Waals surface area contributed by atoms with Gasteiger partial charge in [0.1, 0.15) is 5.78 Å². The van der Waals surface area contributed by atoms with Gasteiger partial charge in [0, 0.05) is 33.2 Å². The van der Waals surface area contributed by atoms with E-state index in [1.807, 2.05) is 27.1 Å². The molecule has 0 amide bonds. The lowest BCUT2D eigenvalue weighted by Crippen LogP contribution is -2.26. The molecule has 1 aromatic heterocycles. The molecule has 0 aromatic carbocycles. The number of carbonyl (C=O) groups is 1. The summed E-state index contributed by atoms with van der Waals surface area (Å²) in [6, 6.07) is 0. The Labute approximate surface area is 96.6 Å². The molecule has 0 unspecified atom stereocenters. The van der Waals surface area contributed by atoms with Gasteiger partial charge in [-0.1, -0.05) is 0 Å². The zero-order valence-corrected chi connectivity index (χ0v) is 10.5. The highest BCUT2D eigenvalue weighted by Crippen LogP contribution is 2.15. The van der Waals surface area contributed by atoms with Gasteiger partial charge in [0.15, 0.2) is 0 Å². The molecule has 0 aliphatic heterocycles. The maximum absolute atomic E-state index is 11.7. The van der Waals surface area contributed by atoms with Gasteiger partial charge in [-0.25, -0.2) is 0 Å². The summed E-state index contributed by atoms with van der Waals surface area (Å²) in [5.41, 5.74) is 0.748. The fourth-order valence-electron chi connectivity index (χ4n) is 1.52. The van der Waals surface area contributed by atoms with Crippen LogP contribution in [0, 0.1) is 0 Å². The van der Waals surface area contributed by atoms with Crippen LogP contribution >= 0.6 is 0 Å². The predicted molar refractivity (Wildman–Crippen MR) is 62.2 cm³/mol. The van der Waals surface area contributed by atoms with Gasteiger partial charge in [-0.3, -0.25) is 9.48 Å². The van der Waals surface area contributed by atoms with Gasteiger partial charge in [0.25, 0.3) is 0 Å². The molecule has 0 saturated carbocycles. The Hall–Kier alpha value is -1.16. The number of methoxy groups -OCH3 is 1. The van der Waals surface area contributed by atoms with Crippen LogP contribution in [0.1, 0.15) is 32.3 Å². The molecule has 16 heavy (non-hydrogen) atoms. The Morgan fingerprint density at radius 2 is 2.25 bits per heavy atom. The fourth-order valence-corrected chi connectivity index (χ4v) is 1.52. The summed E-state index contributed by atoms with van der Waals surface area (Å²) < 4.78 is 6.98. The van der Waals surface area contributed by atoms with E-state index in [1.54, 1.807) is 18.0 Å². The minimum atomic E-state index is -0.355. The van der Waals surface area contributed by atoms with Crippen LogP contribution in [-0.2, 0) is 23.0 Å². The lowest BCUT2D eigenvalue weighted by atomic mass is 9.98. The maximum Gasteiger partial charge on any atom is 0.136 e. The zero-order valence-electron chi connectivity index (χ0n) is 10.5. The van der Waals surface area contributed by atoms with E-state index in [2.05, 4.69) is 5.10 Å². The largest absolute Gasteiger partial charge is 0.378 e. The molecule has 1 heterocycles. The van der Waals surface area contributed by atoms with Crippen molar-refractivity contribution in [1.82, 2.24) is 9.78 Å². The van der Waals surface area contributed by atoms with E-state index in [-0.39, 0.29) is 11.4 Å². The molecule has 4 heteroatoms. The van der Waals surface area contributed by atoms with Gasteiger partial charge < -0.3 is 4.74 Å². The van der Waals surface area contributed by atoms with Crippen molar-refractivity contribution in [2.45, 2.75) is 38.7 Å². The molecular formula is C12H20N2O2. The van der Waals surface area contributed by atoms with Crippen molar-refractivity contribution in [3.63, 3.8) is 0 Å². The SMILES string of the molecule is COC(C)(C)CC(=O)CCc1cnn(C)c1. The van der Waals surface area contributed by atoms with Crippen LogP contribution in [-0.4, -0.2) is 28.3 Å². The highest BCUT2D eigenvalue weighted by molar-refractivity contribution is 5.79. The van der Waals surface area contributed by atoms with E-state index < -0.39 is 0 Å². The summed E-state index contributed by atoms with van der Waals surface area (Å²) in [7, 11) is 3.51. The first kappa shape index (κ1) is 12.9. The molecule has 4 nitrogen and oxygen atoms in total. The molecule has 90 valence electrons. The normalized spacial score (nSPS) is 11.8. The van der Waals surface area contributed by atoms with Crippen LogP contribution in [0.5, 0.6) is 0 Å². The molecule has 0 spiro atoms. The first-order chi connectivity index (χ1) is 7.43. The first-order valence-corrected chi connectivity index (χ1v) is 5.47. The molecule has 0 N–H and O–H groups in total. The van der Waals surface area contributed by atoms with E-state index in [4.69, 9.17) is 4.74 Å². The molecule has 0 atom stereocenters. The Morgan fingerprint density at radius 1 is 1.56 bits per heavy atom. The molecule has 0 radical (unpaired) electrons. The maximum atomic E-state index is 11.7. The van der Waals surface area contributed by atoms with E-state index in [0.717, 1.165) is 12.0 Å². The third-order valence-corrected chi connectivity index (χ3v) is 2.63. The van der Waals surface area contributed by atoms with Crippen molar-refractivity contribution in [2.75, 3.05) is 7.11 Å². The second-order valence-corrected chi connectivity index (χ2v) is 4.70. The van der Waals surface area contributed by atoms with Gasteiger partial charge in [0.05, 0.1) is 11.8 Å². The number of ketones is 1. The van der Waals surface area contributed by atoms with Crippen molar-refractivity contribution in [1.29, 1.82) is 0 Å². The minimum Gasteiger partial charge on any atom is -0.378 e. The first-order valence-electron chi connectivity index (χ1n) is 5.47. The molecule has 0 aliphatic carbocycles. The second kappa shape index (κ2) is 5.25. The number of ether oxygens (including phenoxy) is 1. The standard InChI is InChI=1S/C12H20N2O2/c1-12(2,16-4)7-11(15)6-5-10-8-13-14(3)9-10/h8-9H,5-7H2,1-4H3. The van der Waals surface area contributed by atoms with Crippen molar-refractivity contribution >= 4 is 5.78 Å². The van der Waals surface area contributed by atoms with Crippen molar-refractivity contribution in [3.05, 3.63) is 18.0 Å². The molecule has 1 aromatic rings. The van der Waals surface area contributed by atoms with Crippen LogP contribution in [0.2, 0.25) is 0 Å². The van der Waals surface area contributed by atoms with Crippen LogP contribution in [0.15, 0.2) is 12.4 Å². The molecule has 0 bridgehead atoms. The Bertz CT molecular complexity index is 356. The fraction of sp³-hybridized carbons (Fsp3) is 0.667. The summed E-state index contributed by atoms with van der Waals surface area (Å²) in [6.45, 7) is 3.85. The average molecular weight is 224 g/mol. The van der Waals surface area contributed by atoms with E-state index in [1.165, 1.54) is 0 Å². The number of rotatable bonds is 6. The number of aromatic nitrogens is 2. The summed E-state index contributed by atoms with van der Waals surface area (Å²) in [6.07, 6.45) is 5.51. The number of nitrogens with zero attached hydrogens (tertiary/aromatic N) is 2. The molecule has 0 saturated heterocycles. The monoisotopic (exact) mass is 224 g/mol. The number of Topliss-reactive ketones (excluding diaryl/α,β-unsaturated/α-hetero) is 1. The van der Waals surface area contributed by atoms with Crippen molar-refractivity contribution in [3.8, 4) is 0 Å². The quantitative estimate of drug-likeness (QED) is 0.739. The minimum absolute atomic E-state index is 0.232. The van der Waals surface area contributed by atoms with Crippen LogP contribution in [0.3, 0.4) is 0 Å². The second-order valence-electron chi connectivity index (χ2n) is 4.70. The van der Waals surface area contributed by atoms with Crippen LogP contribution < -0.4 is 0 Å². The van der Waals surface area contributed by atoms with E-state index in [0.29, 0.717) is 12.8 Å².